The van der Waals surface area contributed by atoms with Gasteiger partial charge in [-0.1, -0.05) is 43.2 Å². The summed E-state index contributed by atoms with van der Waals surface area (Å²) >= 11 is -1.53. The van der Waals surface area contributed by atoms with Crippen molar-refractivity contribution in [1.29, 1.82) is 5.26 Å². The van der Waals surface area contributed by atoms with Crippen molar-refractivity contribution in [2.75, 3.05) is 5.32 Å². The zero-order valence-corrected chi connectivity index (χ0v) is 31.6. The first-order valence-corrected chi connectivity index (χ1v) is 18.6. The molecule has 2 unspecified atom stereocenters. The van der Waals surface area contributed by atoms with E-state index < -0.39 is 45.1 Å². The van der Waals surface area contributed by atoms with Gasteiger partial charge in [-0.3, -0.25) is 4.79 Å². The predicted molar refractivity (Wildman–Crippen MR) is 201 cm³/mol. The number of rotatable bonds is 12. The lowest BCUT2D eigenvalue weighted by Crippen LogP contribution is -2.52. The number of anilines is 1. The first-order valence-electron chi connectivity index (χ1n) is 17.4. The SMILES string of the molecule is Cc1cc(C(=O)Nc2cc(C(CCC3CC3)(N[S+]([O-])C(C)(C)C)c3ccc(C#N)cc3)ccc2F)n(-c2cccc(CNC(=O)OC(C)(C)C)c2)n1. The van der Waals surface area contributed by atoms with Crippen LogP contribution in [0.25, 0.3) is 5.69 Å². The number of ether oxygens (including phenoxy) is 1. The molecule has 0 aliphatic heterocycles. The number of nitrogens with one attached hydrogen (secondary N) is 3. The van der Waals surface area contributed by atoms with Crippen LogP contribution in [0.4, 0.5) is 14.9 Å². The number of nitriles is 1. The minimum Gasteiger partial charge on any atom is -0.598 e. The molecule has 1 fully saturated rings. The lowest BCUT2D eigenvalue weighted by Gasteiger charge is -2.39. The molecule has 3 aromatic carbocycles. The third-order valence-corrected chi connectivity index (χ3v) is 10.4. The van der Waals surface area contributed by atoms with Crippen molar-refractivity contribution < 1.29 is 23.3 Å². The molecule has 0 radical (unpaired) electrons. The molecule has 1 heterocycles. The van der Waals surface area contributed by atoms with Gasteiger partial charge in [-0.2, -0.15) is 10.4 Å². The highest BCUT2D eigenvalue weighted by Crippen LogP contribution is 2.43. The summed E-state index contributed by atoms with van der Waals surface area (Å²) in [7, 11) is 0. The molecule has 2 amide bonds. The molecule has 0 spiro atoms. The summed E-state index contributed by atoms with van der Waals surface area (Å²) in [6.45, 7) is 13.0. The van der Waals surface area contributed by atoms with Gasteiger partial charge in [-0.05, 0) is 126 Å². The van der Waals surface area contributed by atoms with E-state index in [2.05, 4.69) is 26.5 Å². The number of nitrogens with zero attached hydrogens (tertiary/aromatic N) is 3. The zero-order valence-electron chi connectivity index (χ0n) is 30.8. The van der Waals surface area contributed by atoms with Gasteiger partial charge in [0.15, 0.2) is 0 Å². The van der Waals surface area contributed by atoms with Crippen LogP contribution in [0.15, 0.2) is 72.8 Å². The largest absolute Gasteiger partial charge is 0.598 e. The van der Waals surface area contributed by atoms with E-state index in [4.69, 9.17) is 4.74 Å². The normalized spacial score (nSPS) is 14.9. The number of aromatic nitrogens is 2. The summed E-state index contributed by atoms with van der Waals surface area (Å²) in [6, 6.07) is 22.7. The molecule has 1 aromatic heterocycles. The van der Waals surface area contributed by atoms with E-state index in [0.29, 0.717) is 34.8 Å². The van der Waals surface area contributed by atoms with E-state index in [9.17, 15) is 19.4 Å². The molecule has 52 heavy (non-hydrogen) atoms. The number of aryl methyl sites for hydroxylation is 1. The molecule has 4 aromatic rings. The van der Waals surface area contributed by atoms with Crippen molar-refractivity contribution in [3.63, 3.8) is 0 Å². The smallest absolute Gasteiger partial charge is 0.407 e. The Morgan fingerprint density at radius 1 is 1.02 bits per heavy atom. The average molecular weight is 727 g/mol. The number of halogens is 1. The maximum absolute atomic E-state index is 15.6. The number of amides is 2. The number of alkyl carbamates (subject to hydrolysis) is 1. The Morgan fingerprint density at radius 2 is 1.71 bits per heavy atom. The summed E-state index contributed by atoms with van der Waals surface area (Å²) in [5.41, 5.74) is 2.28. The van der Waals surface area contributed by atoms with Crippen molar-refractivity contribution >= 4 is 29.0 Å². The fourth-order valence-electron chi connectivity index (χ4n) is 5.81. The van der Waals surface area contributed by atoms with Crippen LogP contribution < -0.4 is 15.4 Å². The van der Waals surface area contributed by atoms with Crippen molar-refractivity contribution in [3.05, 3.63) is 112 Å². The van der Waals surface area contributed by atoms with Gasteiger partial charge in [0.25, 0.3) is 5.91 Å². The summed E-state index contributed by atoms with van der Waals surface area (Å²) in [5.74, 6) is -0.678. The Hall–Kier alpha value is -4.70. The second-order valence-corrected chi connectivity index (χ2v) is 17.3. The van der Waals surface area contributed by atoms with E-state index in [-0.39, 0.29) is 17.9 Å². The van der Waals surface area contributed by atoms with Gasteiger partial charge in [0.2, 0.25) is 0 Å². The Bertz CT molecular complexity index is 1960. The van der Waals surface area contributed by atoms with Crippen LogP contribution >= 0.6 is 0 Å². The molecule has 1 saturated carbocycles. The van der Waals surface area contributed by atoms with Gasteiger partial charge in [0.05, 0.1) is 28.7 Å². The zero-order chi connectivity index (χ0) is 37.8. The topological polar surface area (TPSA) is 144 Å². The first kappa shape index (κ1) is 38.5. The molecule has 274 valence electrons. The second kappa shape index (κ2) is 15.5. The van der Waals surface area contributed by atoms with Gasteiger partial charge < -0.3 is 19.9 Å². The van der Waals surface area contributed by atoms with Crippen LogP contribution in [-0.4, -0.2) is 36.7 Å². The Morgan fingerprint density at radius 3 is 2.35 bits per heavy atom. The highest BCUT2D eigenvalue weighted by molar-refractivity contribution is 7.90. The molecular formula is C40H47FN6O4S. The van der Waals surface area contributed by atoms with E-state index in [1.165, 1.54) is 10.7 Å². The first-order chi connectivity index (χ1) is 24.5. The summed E-state index contributed by atoms with van der Waals surface area (Å²) < 4.78 is 39.1. The molecule has 1 aliphatic carbocycles. The van der Waals surface area contributed by atoms with E-state index in [1.807, 2.05) is 39.0 Å². The van der Waals surface area contributed by atoms with Crippen LogP contribution in [-0.2, 0) is 28.2 Å². The van der Waals surface area contributed by atoms with Crippen molar-refractivity contribution in [3.8, 4) is 11.8 Å². The van der Waals surface area contributed by atoms with Crippen LogP contribution in [0.5, 0.6) is 0 Å². The van der Waals surface area contributed by atoms with Crippen LogP contribution in [0.2, 0.25) is 0 Å². The monoisotopic (exact) mass is 726 g/mol. The average Bonchev–Trinajstić information content (AvgIpc) is 3.84. The quantitative estimate of drug-likeness (QED) is 0.126. The molecule has 3 N–H and O–H groups in total. The molecule has 1 aliphatic rings. The van der Waals surface area contributed by atoms with Crippen LogP contribution in [0, 0.1) is 30.0 Å². The molecule has 2 atom stereocenters. The number of hydrogen-bond donors (Lipinski definition) is 3. The maximum Gasteiger partial charge on any atom is 0.407 e. The summed E-state index contributed by atoms with van der Waals surface area (Å²) in [6.07, 6.45) is 3.10. The molecule has 5 rings (SSSR count). The molecule has 10 nitrogen and oxygen atoms in total. The molecular weight excluding hydrogens is 680 g/mol. The maximum atomic E-state index is 15.6. The number of hydrogen-bond acceptors (Lipinski definition) is 7. The molecule has 0 saturated heterocycles. The lowest BCUT2D eigenvalue weighted by atomic mass is 9.79. The number of carbonyl (C=O) groups is 2. The highest BCUT2D eigenvalue weighted by Gasteiger charge is 2.43. The predicted octanol–water partition coefficient (Wildman–Crippen LogP) is 7.95. The van der Waals surface area contributed by atoms with E-state index in [1.54, 1.807) is 76.2 Å². The third-order valence-electron chi connectivity index (χ3n) is 8.72. The standard InChI is InChI=1S/C40H47FN6O4S/c1-26-21-35(47(45-26)32-10-8-9-29(22-32)25-43-37(49)51-38(2,3)4)36(48)44-34-23-31(17-18-33(34)41)40(20-19-27-11-12-27,46-52(50)39(5,6)7)30-15-13-28(24-42)14-16-30/h8-10,13-18,21-23,27,46H,11-12,19-20,25H2,1-7H3,(H,43,49)(H,44,48). The van der Waals surface area contributed by atoms with Gasteiger partial charge >= 0.3 is 6.09 Å². The van der Waals surface area contributed by atoms with Crippen LogP contribution in [0.3, 0.4) is 0 Å². The summed E-state index contributed by atoms with van der Waals surface area (Å²) in [4.78, 5) is 26.2. The Balaban J connectivity index is 1.48. The fraction of sp³-hybridized carbons (Fsp3) is 0.400. The summed E-state index contributed by atoms with van der Waals surface area (Å²) in [5, 5.41) is 19.6. The second-order valence-electron chi connectivity index (χ2n) is 15.3. The Labute approximate surface area is 308 Å². The third kappa shape index (κ3) is 9.59. The van der Waals surface area contributed by atoms with Crippen molar-refractivity contribution in [1.82, 2.24) is 19.8 Å². The minimum atomic E-state index is -1.53. The van der Waals surface area contributed by atoms with Gasteiger partial charge in [0, 0.05) is 17.9 Å². The van der Waals surface area contributed by atoms with E-state index in [0.717, 1.165) is 30.4 Å². The molecule has 0 bridgehead atoms. The lowest BCUT2D eigenvalue weighted by molar-refractivity contribution is 0.0523. The fourth-order valence-corrected chi connectivity index (χ4v) is 6.77. The number of carbonyl (C=O) groups excluding carboxylic acids is 2. The Kier molecular flexibility index (Phi) is 11.5. The van der Waals surface area contributed by atoms with Crippen molar-refractivity contribution in [2.24, 2.45) is 5.92 Å². The minimum absolute atomic E-state index is 0.0454. The molecule has 12 heteroatoms. The van der Waals surface area contributed by atoms with Crippen LogP contribution in [0.1, 0.15) is 106 Å². The van der Waals surface area contributed by atoms with Gasteiger partial charge in [-0.15, -0.1) is 4.72 Å². The van der Waals surface area contributed by atoms with E-state index >= 15 is 4.39 Å². The highest BCUT2D eigenvalue weighted by atomic mass is 32.2. The van der Waals surface area contributed by atoms with Gasteiger partial charge in [-0.25, -0.2) is 13.9 Å². The van der Waals surface area contributed by atoms with Gasteiger partial charge in [0.1, 0.15) is 27.4 Å². The van der Waals surface area contributed by atoms with Crippen molar-refractivity contribution in [2.45, 2.75) is 96.6 Å². The number of benzene rings is 3.